The number of nitrogens with two attached hydrogens (primary N) is 1. The molecule has 102 valence electrons. The Morgan fingerprint density at radius 2 is 2.11 bits per heavy atom. The summed E-state index contributed by atoms with van der Waals surface area (Å²) >= 11 is 1.75. The number of nitrogen functional groups attached to an aromatic ring is 1. The number of phenolic OH excluding ortho intramolecular Hbond substituents is 1. The van der Waals surface area contributed by atoms with Gasteiger partial charge in [0.15, 0.2) is 5.82 Å². The Hall–Kier alpha value is -1.69. The number of hydrogen-bond donors (Lipinski definition) is 2. The van der Waals surface area contributed by atoms with Crippen molar-refractivity contribution in [2.24, 2.45) is 0 Å². The first-order valence-corrected chi connectivity index (χ1v) is 6.89. The SMILES string of the molecule is CC(C)(C)SCc1noc(-c2ccc(N)c(O)c2)n1. The third-order valence-corrected chi connectivity index (χ3v) is 3.65. The predicted molar refractivity (Wildman–Crippen MR) is 76.9 cm³/mol. The smallest absolute Gasteiger partial charge is 0.258 e. The second-order valence-corrected chi connectivity index (χ2v) is 6.99. The van der Waals surface area contributed by atoms with Crippen LogP contribution in [-0.2, 0) is 5.75 Å². The molecule has 1 heterocycles. The van der Waals surface area contributed by atoms with Gasteiger partial charge in [-0.25, -0.2) is 0 Å². The van der Waals surface area contributed by atoms with Crippen LogP contribution in [0.5, 0.6) is 5.75 Å². The molecule has 19 heavy (non-hydrogen) atoms. The average molecular weight is 279 g/mol. The van der Waals surface area contributed by atoms with Gasteiger partial charge in [0.05, 0.1) is 11.4 Å². The Labute approximate surface area is 116 Å². The van der Waals surface area contributed by atoms with E-state index in [1.54, 1.807) is 23.9 Å². The summed E-state index contributed by atoms with van der Waals surface area (Å²) in [5.74, 6) is 1.74. The van der Waals surface area contributed by atoms with Crippen molar-refractivity contribution in [2.45, 2.75) is 31.3 Å². The quantitative estimate of drug-likeness (QED) is 0.663. The number of aromatic hydroxyl groups is 1. The number of rotatable bonds is 3. The van der Waals surface area contributed by atoms with Gasteiger partial charge in [-0.1, -0.05) is 25.9 Å². The summed E-state index contributed by atoms with van der Waals surface area (Å²) < 4.78 is 5.34. The van der Waals surface area contributed by atoms with Gasteiger partial charge >= 0.3 is 0 Å². The minimum absolute atomic E-state index is 0.0151. The minimum atomic E-state index is 0.0151. The van der Waals surface area contributed by atoms with Gasteiger partial charge in [0.25, 0.3) is 5.89 Å². The summed E-state index contributed by atoms with van der Waals surface area (Å²) in [4.78, 5) is 4.30. The fraction of sp³-hybridized carbons (Fsp3) is 0.385. The van der Waals surface area contributed by atoms with E-state index in [4.69, 9.17) is 10.3 Å². The van der Waals surface area contributed by atoms with E-state index < -0.39 is 0 Å². The lowest BCUT2D eigenvalue weighted by Gasteiger charge is -2.15. The van der Waals surface area contributed by atoms with Crippen LogP contribution in [0.1, 0.15) is 26.6 Å². The second kappa shape index (κ2) is 5.13. The number of benzene rings is 1. The lowest BCUT2D eigenvalue weighted by atomic mass is 10.2. The molecule has 0 aliphatic rings. The molecular weight excluding hydrogens is 262 g/mol. The summed E-state index contributed by atoms with van der Waals surface area (Å²) in [6.45, 7) is 6.41. The van der Waals surface area contributed by atoms with Crippen LogP contribution < -0.4 is 5.73 Å². The van der Waals surface area contributed by atoms with Crippen molar-refractivity contribution in [3.8, 4) is 17.2 Å². The van der Waals surface area contributed by atoms with Crippen molar-refractivity contribution in [1.29, 1.82) is 0 Å². The van der Waals surface area contributed by atoms with Crippen LogP contribution in [-0.4, -0.2) is 20.0 Å². The fourth-order valence-electron chi connectivity index (χ4n) is 1.39. The van der Waals surface area contributed by atoms with Crippen molar-refractivity contribution in [2.75, 3.05) is 5.73 Å². The van der Waals surface area contributed by atoms with E-state index in [9.17, 15) is 5.11 Å². The highest BCUT2D eigenvalue weighted by molar-refractivity contribution is 7.99. The molecule has 0 radical (unpaired) electrons. The van der Waals surface area contributed by atoms with Crippen LogP contribution in [0.3, 0.4) is 0 Å². The van der Waals surface area contributed by atoms with Crippen molar-refractivity contribution >= 4 is 17.4 Å². The van der Waals surface area contributed by atoms with Crippen LogP contribution >= 0.6 is 11.8 Å². The Balaban J connectivity index is 2.14. The minimum Gasteiger partial charge on any atom is -0.506 e. The molecule has 0 saturated heterocycles. The summed E-state index contributed by atoms with van der Waals surface area (Å²) in [5, 5.41) is 13.5. The maximum atomic E-state index is 9.56. The molecule has 0 unspecified atom stereocenters. The number of thioether (sulfide) groups is 1. The summed E-state index contributed by atoms with van der Waals surface area (Å²) in [6, 6.07) is 4.87. The molecule has 0 spiro atoms. The van der Waals surface area contributed by atoms with E-state index in [1.165, 1.54) is 6.07 Å². The number of nitrogens with zero attached hydrogens (tertiary/aromatic N) is 2. The lowest BCUT2D eigenvalue weighted by Crippen LogP contribution is -2.07. The zero-order valence-corrected chi connectivity index (χ0v) is 12.0. The summed E-state index contributed by atoms with van der Waals surface area (Å²) in [6.07, 6.45) is 0. The number of hydrogen-bond acceptors (Lipinski definition) is 6. The zero-order chi connectivity index (χ0) is 14.0. The van der Waals surface area contributed by atoms with E-state index in [0.29, 0.717) is 28.7 Å². The van der Waals surface area contributed by atoms with E-state index in [0.717, 1.165) is 0 Å². The largest absolute Gasteiger partial charge is 0.506 e. The van der Waals surface area contributed by atoms with Gasteiger partial charge in [-0.3, -0.25) is 0 Å². The Morgan fingerprint density at radius 1 is 1.37 bits per heavy atom. The van der Waals surface area contributed by atoms with Crippen molar-refractivity contribution < 1.29 is 9.63 Å². The normalized spacial score (nSPS) is 11.7. The first kappa shape index (κ1) is 13.7. The number of anilines is 1. The van der Waals surface area contributed by atoms with Crippen molar-refractivity contribution in [1.82, 2.24) is 10.1 Å². The van der Waals surface area contributed by atoms with Crippen LogP contribution in [0, 0.1) is 0 Å². The Bertz CT molecular complexity index is 576. The van der Waals surface area contributed by atoms with Crippen molar-refractivity contribution in [3.05, 3.63) is 24.0 Å². The first-order valence-electron chi connectivity index (χ1n) is 5.90. The van der Waals surface area contributed by atoms with E-state index in [2.05, 4.69) is 30.9 Å². The molecule has 2 aromatic rings. The van der Waals surface area contributed by atoms with Gasteiger partial charge in [-0.15, -0.1) is 11.8 Å². The molecule has 1 aromatic heterocycles. The number of aromatic nitrogens is 2. The van der Waals surface area contributed by atoms with Crippen LogP contribution in [0.4, 0.5) is 5.69 Å². The molecule has 0 aliphatic carbocycles. The van der Waals surface area contributed by atoms with Crippen LogP contribution in [0.15, 0.2) is 22.7 Å². The highest BCUT2D eigenvalue weighted by Gasteiger charge is 2.15. The van der Waals surface area contributed by atoms with Gasteiger partial charge in [-0.05, 0) is 18.2 Å². The fourth-order valence-corrected chi connectivity index (χ4v) is 2.07. The lowest BCUT2D eigenvalue weighted by molar-refractivity contribution is 0.424. The molecular formula is C13H17N3O2S. The Morgan fingerprint density at radius 3 is 2.74 bits per heavy atom. The van der Waals surface area contributed by atoms with Crippen LogP contribution in [0.25, 0.3) is 11.5 Å². The molecule has 0 bridgehead atoms. The molecule has 0 aliphatic heterocycles. The highest BCUT2D eigenvalue weighted by Crippen LogP contribution is 2.29. The van der Waals surface area contributed by atoms with Gasteiger partial charge in [0, 0.05) is 10.3 Å². The van der Waals surface area contributed by atoms with Gasteiger partial charge < -0.3 is 15.4 Å². The second-order valence-electron chi connectivity index (χ2n) is 5.19. The molecule has 0 atom stereocenters. The first-order chi connectivity index (χ1) is 8.85. The van der Waals surface area contributed by atoms with E-state index >= 15 is 0 Å². The molecule has 0 amide bonds. The highest BCUT2D eigenvalue weighted by atomic mass is 32.2. The average Bonchev–Trinajstić information content (AvgIpc) is 2.78. The topological polar surface area (TPSA) is 85.2 Å². The van der Waals surface area contributed by atoms with Gasteiger partial charge in [0.1, 0.15) is 5.75 Å². The predicted octanol–water partition coefficient (Wildman–Crippen LogP) is 3.06. The third-order valence-electron chi connectivity index (χ3n) is 2.38. The molecule has 0 saturated carbocycles. The molecule has 5 nitrogen and oxygen atoms in total. The van der Waals surface area contributed by atoms with Gasteiger partial charge in [-0.2, -0.15) is 4.98 Å². The monoisotopic (exact) mass is 279 g/mol. The van der Waals surface area contributed by atoms with Crippen LogP contribution in [0.2, 0.25) is 0 Å². The standard InChI is InChI=1S/C13H17N3O2S/c1-13(2,3)19-7-11-15-12(18-16-11)8-4-5-9(14)10(17)6-8/h4-6,17H,7,14H2,1-3H3. The Kier molecular flexibility index (Phi) is 3.71. The molecule has 2 rings (SSSR count). The summed E-state index contributed by atoms with van der Waals surface area (Å²) in [5.41, 5.74) is 6.53. The van der Waals surface area contributed by atoms with Gasteiger partial charge in [0.2, 0.25) is 0 Å². The van der Waals surface area contributed by atoms with E-state index in [-0.39, 0.29) is 10.5 Å². The summed E-state index contributed by atoms with van der Waals surface area (Å²) in [7, 11) is 0. The van der Waals surface area contributed by atoms with Crippen molar-refractivity contribution in [3.63, 3.8) is 0 Å². The third kappa shape index (κ3) is 3.64. The molecule has 0 fully saturated rings. The zero-order valence-electron chi connectivity index (χ0n) is 11.2. The molecule has 6 heteroatoms. The maximum Gasteiger partial charge on any atom is 0.258 e. The molecule has 3 N–H and O–H groups in total. The molecule has 1 aromatic carbocycles. The van der Waals surface area contributed by atoms with E-state index in [1.807, 2.05) is 0 Å². The number of phenols is 1. The maximum absolute atomic E-state index is 9.56.